The standard InChI is InChI=1S/C15H14N4/c16-10-14-15(18-8-7-17-14)19-9-3-6-12-4-1-2-5-13(12)11-19/h1-2,4-5,7-8H,3,6,9,11H2. The molecule has 1 aromatic heterocycles. The summed E-state index contributed by atoms with van der Waals surface area (Å²) in [5.74, 6) is 0.696. The molecule has 0 unspecified atom stereocenters. The van der Waals surface area contributed by atoms with E-state index < -0.39 is 0 Å². The third kappa shape index (κ3) is 2.27. The van der Waals surface area contributed by atoms with Crippen molar-refractivity contribution in [3.05, 3.63) is 53.5 Å². The predicted molar refractivity (Wildman–Crippen MR) is 72.6 cm³/mol. The molecule has 0 fully saturated rings. The average molecular weight is 250 g/mol. The summed E-state index contributed by atoms with van der Waals surface area (Å²) in [6, 6.07) is 10.6. The first kappa shape index (κ1) is 11.7. The number of fused-ring (bicyclic) bond motifs is 1. The summed E-state index contributed by atoms with van der Waals surface area (Å²) >= 11 is 0. The van der Waals surface area contributed by atoms with Crippen LogP contribution in [0.4, 0.5) is 5.82 Å². The number of anilines is 1. The van der Waals surface area contributed by atoms with Gasteiger partial charge in [-0.2, -0.15) is 5.26 Å². The van der Waals surface area contributed by atoms with E-state index in [4.69, 9.17) is 5.26 Å². The van der Waals surface area contributed by atoms with Gasteiger partial charge in [-0.25, -0.2) is 9.97 Å². The Bertz CT molecular complexity index is 630. The van der Waals surface area contributed by atoms with Crippen molar-refractivity contribution in [1.82, 2.24) is 9.97 Å². The van der Waals surface area contributed by atoms with Crippen molar-refractivity contribution in [2.75, 3.05) is 11.4 Å². The molecular formula is C15H14N4. The highest BCUT2D eigenvalue weighted by Crippen LogP contribution is 2.23. The second-order valence-electron chi connectivity index (χ2n) is 4.63. The maximum absolute atomic E-state index is 9.14. The van der Waals surface area contributed by atoms with Crippen LogP contribution in [-0.2, 0) is 13.0 Å². The molecule has 2 aromatic rings. The first-order chi connectivity index (χ1) is 9.38. The Hall–Kier alpha value is -2.41. The molecule has 0 radical (unpaired) electrons. The first-order valence-corrected chi connectivity index (χ1v) is 6.41. The Morgan fingerprint density at radius 2 is 1.89 bits per heavy atom. The molecule has 1 aliphatic heterocycles. The van der Waals surface area contributed by atoms with Crippen molar-refractivity contribution >= 4 is 5.82 Å². The molecule has 0 bridgehead atoms. The van der Waals surface area contributed by atoms with Gasteiger partial charge in [-0.3, -0.25) is 0 Å². The maximum atomic E-state index is 9.14. The normalized spacial score (nSPS) is 14.4. The summed E-state index contributed by atoms with van der Waals surface area (Å²) in [7, 11) is 0. The molecular weight excluding hydrogens is 236 g/mol. The highest BCUT2D eigenvalue weighted by Gasteiger charge is 2.18. The van der Waals surface area contributed by atoms with Gasteiger partial charge in [-0.15, -0.1) is 0 Å². The van der Waals surface area contributed by atoms with E-state index in [1.807, 2.05) is 0 Å². The predicted octanol–water partition coefficient (Wildman–Crippen LogP) is 2.30. The van der Waals surface area contributed by atoms with Crippen molar-refractivity contribution in [2.45, 2.75) is 19.4 Å². The third-order valence-corrected chi connectivity index (χ3v) is 3.44. The van der Waals surface area contributed by atoms with Gasteiger partial charge in [0.2, 0.25) is 0 Å². The number of rotatable bonds is 1. The molecule has 2 heterocycles. The summed E-state index contributed by atoms with van der Waals surface area (Å²) in [4.78, 5) is 10.6. The number of nitriles is 1. The summed E-state index contributed by atoms with van der Waals surface area (Å²) in [6.45, 7) is 1.70. The SMILES string of the molecule is N#Cc1nccnc1N1CCCc2ccccc2C1. The Morgan fingerprint density at radius 3 is 2.74 bits per heavy atom. The zero-order valence-electron chi connectivity index (χ0n) is 10.6. The molecule has 1 aliphatic rings. The summed E-state index contributed by atoms with van der Waals surface area (Å²) in [5.41, 5.74) is 3.11. The van der Waals surface area contributed by atoms with Crippen LogP contribution in [0.2, 0.25) is 0 Å². The Balaban J connectivity index is 1.97. The highest BCUT2D eigenvalue weighted by atomic mass is 15.2. The monoisotopic (exact) mass is 250 g/mol. The van der Waals surface area contributed by atoms with E-state index in [1.54, 1.807) is 12.4 Å². The lowest BCUT2D eigenvalue weighted by atomic mass is 10.0. The zero-order chi connectivity index (χ0) is 13.1. The van der Waals surface area contributed by atoms with Crippen molar-refractivity contribution < 1.29 is 0 Å². The molecule has 1 aromatic carbocycles. The van der Waals surface area contributed by atoms with Crippen molar-refractivity contribution in [3.63, 3.8) is 0 Å². The zero-order valence-corrected chi connectivity index (χ0v) is 10.6. The number of aromatic nitrogens is 2. The van der Waals surface area contributed by atoms with Gasteiger partial charge in [0.1, 0.15) is 6.07 Å². The van der Waals surface area contributed by atoms with Crippen LogP contribution >= 0.6 is 0 Å². The summed E-state index contributed by atoms with van der Waals surface area (Å²) in [5, 5.41) is 9.14. The number of aryl methyl sites for hydroxylation is 1. The number of nitrogens with zero attached hydrogens (tertiary/aromatic N) is 4. The molecule has 0 aliphatic carbocycles. The minimum atomic E-state index is 0.405. The number of hydrogen-bond donors (Lipinski definition) is 0. The van der Waals surface area contributed by atoms with E-state index >= 15 is 0 Å². The minimum absolute atomic E-state index is 0.405. The lowest BCUT2D eigenvalue weighted by Gasteiger charge is -2.22. The maximum Gasteiger partial charge on any atom is 0.183 e. The Kier molecular flexibility index (Phi) is 3.11. The van der Waals surface area contributed by atoms with Crippen LogP contribution in [0, 0.1) is 11.3 Å². The topological polar surface area (TPSA) is 52.8 Å². The van der Waals surface area contributed by atoms with Gasteiger partial charge < -0.3 is 4.90 Å². The van der Waals surface area contributed by atoms with Gasteiger partial charge >= 0.3 is 0 Å². The fraction of sp³-hybridized carbons (Fsp3) is 0.267. The third-order valence-electron chi connectivity index (χ3n) is 3.44. The molecule has 3 rings (SSSR count). The molecule has 0 saturated carbocycles. The van der Waals surface area contributed by atoms with Crippen molar-refractivity contribution in [2.24, 2.45) is 0 Å². The second kappa shape index (κ2) is 5.07. The number of hydrogen-bond acceptors (Lipinski definition) is 4. The fourth-order valence-corrected chi connectivity index (χ4v) is 2.52. The molecule has 0 saturated heterocycles. The quantitative estimate of drug-likeness (QED) is 0.779. The number of benzene rings is 1. The van der Waals surface area contributed by atoms with Crippen LogP contribution < -0.4 is 4.90 Å². The van der Waals surface area contributed by atoms with Crippen molar-refractivity contribution in [1.29, 1.82) is 5.26 Å². The van der Waals surface area contributed by atoms with Crippen LogP contribution in [0.3, 0.4) is 0 Å². The van der Waals surface area contributed by atoms with Gasteiger partial charge in [-0.05, 0) is 24.0 Å². The van der Waals surface area contributed by atoms with Gasteiger partial charge in [-0.1, -0.05) is 24.3 Å². The summed E-state index contributed by atoms with van der Waals surface area (Å²) < 4.78 is 0. The summed E-state index contributed by atoms with van der Waals surface area (Å²) in [6.07, 6.45) is 5.36. The van der Waals surface area contributed by atoms with Gasteiger partial charge in [0, 0.05) is 25.5 Å². The van der Waals surface area contributed by atoms with E-state index in [1.165, 1.54) is 11.1 Å². The lowest BCUT2D eigenvalue weighted by molar-refractivity contribution is 0.750. The van der Waals surface area contributed by atoms with E-state index in [0.29, 0.717) is 11.5 Å². The Labute approximate surface area is 112 Å². The second-order valence-corrected chi connectivity index (χ2v) is 4.63. The molecule has 0 N–H and O–H groups in total. The van der Waals surface area contributed by atoms with E-state index in [-0.39, 0.29) is 0 Å². The van der Waals surface area contributed by atoms with E-state index in [9.17, 15) is 0 Å². The smallest absolute Gasteiger partial charge is 0.183 e. The molecule has 94 valence electrons. The van der Waals surface area contributed by atoms with E-state index in [0.717, 1.165) is 25.9 Å². The average Bonchev–Trinajstić information content (AvgIpc) is 2.69. The largest absolute Gasteiger partial charge is 0.350 e. The first-order valence-electron chi connectivity index (χ1n) is 6.41. The fourth-order valence-electron chi connectivity index (χ4n) is 2.52. The van der Waals surface area contributed by atoms with Gasteiger partial charge in [0.05, 0.1) is 0 Å². The van der Waals surface area contributed by atoms with Gasteiger partial charge in [0.25, 0.3) is 0 Å². The van der Waals surface area contributed by atoms with Crippen LogP contribution in [0.1, 0.15) is 23.2 Å². The molecule has 19 heavy (non-hydrogen) atoms. The Morgan fingerprint density at radius 1 is 1.11 bits per heavy atom. The van der Waals surface area contributed by atoms with Crippen LogP contribution in [0.25, 0.3) is 0 Å². The van der Waals surface area contributed by atoms with Crippen molar-refractivity contribution in [3.8, 4) is 6.07 Å². The molecule has 0 atom stereocenters. The molecule has 0 spiro atoms. The molecule has 4 heteroatoms. The highest BCUT2D eigenvalue weighted by molar-refractivity contribution is 5.50. The van der Waals surface area contributed by atoms with Crippen LogP contribution in [0.15, 0.2) is 36.7 Å². The minimum Gasteiger partial charge on any atom is -0.350 e. The lowest BCUT2D eigenvalue weighted by Crippen LogP contribution is -2.24. The van der Waals surface area contributed by atoms with Crippen LogP contribution in [0.5, 0.6) is 0 Å². The van der Waals surface area contributed by atoms with Crippen LogP contribution in [-0.4, -0.2) is 16.5 Å². The van der Waals surface area contributed by atoms with Gasteiger partial charge in [0.15, 0.2) is 11.5 Å². The van der Waals surface area contributed by atoms with E-state index in [2.05, 4.69) is 45.2 Å². The molecule has 0 amide bonds. The molecule has 4 nitrogen and oxygen atoms in total.